The number of rotatable bonds is 11. The van der Waals surface area contributed by atoms with Crippen LogP contribution >= 0.6 is 0 Å². The van der Waals surface area contributed by atoms with Crippen molar-refractivity contribution >= 4 is 23.9 Å². The molecule has 0 aliphatic rings. The smallest absolute Gasteiger partial charge is 1.00 e. The molecule has 0 aromatic carbocycles. The summed E-state index contributed by atoms with van der Waals surface area (Å²) in [7, 11) is 0. The first-order valence-corrected chi connectivity index (χ1v) is 5.52. The van der Waals surface area contributed by atoms with E-state index >= 15 is 0 Å². The SMILES string of the molecule is O=C(O)CN(CCN(CC(=O)O)CC(=O)O)CC(=O)O.[Cr].[H-].[H-].[Na+].[Na+]. The number of carboxylic acid groups (broad SMARTS) is 4. The maximum Gasteiger partial charge on any atom is 1.00 e. The Morgan fingerprint density at radius 2 is 0.783 bits per heavy atom. The summed E-state index contributed by atoms with van der Waals surface area (Å²) in [6.45, 7) is -2.25. The van der Waals surface area contributed by atoms with E-state index in [-0.39, 0.29) is 92.4 Å². The second kappa shape index (κ2) is 17.2. The molecule has 0 aliphatic heterocycles. The molecule has 124 valence electrons. The van der Waals surface area contributed by atoms with Crippen LogP contribution in [0.2, 0.25) is 0 Å². The molecule has 10 nitrogen and oxygen atoms in total. The van der Waals surface area contributed by atoms with Crippen LogP contribution in [0, 0.1) is 0 Å². The van der Waals surface area contributed by atoms with E-state index in [2.05, 4.69) is 0 Å². The minimum absolute atomic E-state index is 0. The van der Waals surface area contributed by atoms with E-state index in [9.17, 15) is 19.2 Å². The van der Waals surface area contributed by atoms with Crippen molar-refractivity contribution in [2.45, 2.75) is 0 Å². The second-order valence-corrected chi connectivity index (χ2v) is 4.00. The van der Waals surface area contributed by atoms with Gasteiger partial charge in [-0.2, -0.15) is 0 Å². The summed E-state index contributed by atoms with van der Waals surface area (Å²) in [5.41, 5.74) is 0. The first kappa shape index (κ1) is 31.1. The molecule has 0 rings (SSSR count). The van der Waals surface area contributed by atoms with Crippen LogP contribution in [-0.4, -0.2) is 93.4 Å². The molecule has 0 aliphatic carbocycles. The third-order valence-electron chi connectivity index (χ3n) is 2.17. The van der Waals surface area contributed by atoms with Crippen molar-refractivity contribution in [1.29, 1.82) is 0 Å². The van der Waals surface area contributed by atoms with Crippen LogP contribution in [0.3, 0.4) is 0 Å². The van der Waals surface area contributed by atoms with Gasteiger partial charge < -0.3 is 23.3 Å². The fourth-order valence-corrected chi connectivity index (χ4v) is 1.48. The molecule has 0 amide bonds. The molecule has 13 heteroatoms. The van der Waals surface area contributed by atoms with Gasteiger partial charge in [-0.25, -0.2) is 0 Å². The fraction of sp³-hybridized carbons (Fsp3) is 0.600. The van der Waals surface area contributed by atoms with Crippen LogP contribution in [0.25, 0.3) is 0 Å². The topological polar surface area (TPSA) is 156 Å². The molecule has 0 fully saturated rings. The maximum absolute atomic E-state index is 10.6. The van der Waals surface area contributed by atoms with Crippen molar-refractivity contribution in [3.05, 3.63) is 0 Å². The van der Waals surface area contributed by atoms with Crippen LogP contribution in [0.5, 0.6) is 0 Å². The molecule has 0 bridgehead atoms. The average molecular weight is 392 g/mol. The van der Waals surface area contributed by atoms with E-state index in [1.165, 1.54) is 0 Å². The first-order valence-electron chi connectivity index (χ1n) is 5.52. The minimum atomic E-state index is -1.23. The van der Waals surface area contributed by atoms with E-state index in [1.54, 1.807) is 0 Å². The summed E-state index contributed by atoms with van der Waals surface area (Å²) in [6, 6.07) is 0. The minimum Gasteiger partial charge on any atom is -1.00 e. The Kier molecular flexibility index (Phi) is 23.2. The maximum atomic E-state index is 10.6. The molecule has 23 heavy (non-hydrogen) atoms. The molecule has 0 spiro atoms. The van der Waals surface area contributed by atoms with Gasteiger partial charge in [0.15, 0.2) is 0 Å². The van der Waals surface area contributed by atoms with Gasteiger partial charge in [-0.15, -0.1) is 0 Å². The van der Waals surface area contributed by atoms with Crippen LogP contribution in [0.15, 0.2) is 0 Å². The quantitative estimate of drug-likeness (QED) is 0.249. The Bertz CT molecular complexity index is 341. The van der Waals surface area contributed by atoms with Gasteiger partial charge in [0.25, 0.3) is 0 Å². The van der Waals surface area contributed by atoms with E-state index in [0.717, 1.165) is 9.80 Å². The van der Waals surface area contributed by atoms with Crippen molar-refractivity contribution in [2.24, 2.45) is 0 Å². The predicted molar refractivity (Wildman–Crippen MR) is 65.6 cm³/mol. The Morgan fingerprint density at radius 1 is 0.609 bits per heavy atom. The third kappa shape index (κ3) is 20.3. The molecular formula is C10H18CrN2Na2O8. The number of carbonyl (C=O) groups is 4. The third-order valence-corrected chi connectivity index (χ3v) is 2.17. The van der Waals surface area contributed by atoms with Gasteiger partial charge >= 0.3 is 83.0 Å². The molecule has 0 saturated carbocycles. The van der Waals surface area contributed by atoms with Gasteiger partial charge in [-0.05, 0) is 0 Å². The molecule has 0 saturated heterocycles. The van der Waals surface area contributed by atoms with E-state index < -0.39 is 50.1 Å². The Balaban J connectivity index is -0.000000180. The van der Waals surface area contributed by atoms with Gasteiger partial charge in [0.1, 0.15) is 0 Å². The van der Waals surface area contributed by atoms with E-state index in [0.29, 0.717) is 0 Å². The van der Waals surface area contributed by atoms with Gasteiger partial charge in [0, 0.05) is 30.5 Å². The van der Waals surface area contributed by atoms with Crippen molar-refractivity contribution < 1.29 is 119 Å². The van der Waals surface area contributed by atoms with Crippen LogP contribution in [0.1, 0.15) is 2.85 Å². The summed E-state index contributed by atoms with van der Waals surface area (Å²) < 4.78 is 0. The second-order valence-electron chi connectivity index (χ2n) is 4.00. The van der Waals surface area contributed by atoms with Gasteiger partial charge in [0.2, 0.25) is 0 Å². The largest absolute Gasteiger partial charge is 1.00 e. The van der Waals surface area contributed by atoms with Crippen LogP contribution in [0.4, 0.5) is 0 Å². The summed E-state index contributed by atoms with van der Waals surface area (Å²) in [6.07, 6.45) is 0. The van der Waals surface area contributed by atoms with Gasteiger partial charge in [-0.3, -0.25) is 29.0 Å². The van der Waals surface area contributed by atoms with Crippen molar-refractivity contribution in [2.75, 3.05) is 39.3 Å². The van der Waals surface area contributed by atoms with Crippen LogP contribution in [-0.2, 0) is 36.5 Å². The summed E-state index contributed by atoms with van der Waals surface area (Å²) in [5.74, 6) is -4.91. The zero-order valence-corrected chi connectivity index (χ0v) is 18.2. The first-order chi connectivity index (χ1) is 9.20. The number of carboxylic acids is 4. The average Bonchev–Trinajstić information content (AvgIpc) is 2.22. The zero-order valence-electron chi connectivity index (χ0n) is 15.0. The Labute approximate surface area is 190 Å². The number of nitrogens with zero attached hydrogens (tertiary/aromatic N) is 2. The van der Waals surface area contributed by atoms with Gasteiger partial charge in [0.05, 0.1) is 26.2 Å². The Morgan fingerprint density at radius 3 is 0.913 bits per heavy atom. The summed E-state index contributed by atoms with van der Waals surface area (Å²) in [5, 5.41) is 34.5. The number of hydrogen-bond acceptors (Lipinski definition) is 6. The summed E-state index contributed by atoms with van der Waals surface area (Å²) in [4.78, 5) is 44.4. The molecule has 0 atom stereocenters. The summed E-state index contributed by atoms with van der Waals surface area (Å²) >= 11 is 0. The molecule has 4 N–H and O–H groups in total. The van der Waals surface area contributed by atoms with Crippen molar-refractivity contribution in [3.8, 4) is 0 Å². The molecule has 0 heterocycles. The van der Waals surface area contributed by atoms with E-state index in [1.807, 2.05) is 0 Å². The molecule has 0 aromatic heterocycles. The standard InChI is InChI=1S/C10H16N2O8.Cr.2Na.2H/c13-7(14)3-11(4-8(15)16)1-2-12(5-9(17)18)6-10(19)20;;;;;/h1-6H2,(H,13,14)(H,15,16)(H,17,18)(H,19,20);;;;;/q;;2*+1;2*-1. The van der Waals surface area contributed by atoms with Crippen LogP contribution < -0.4 is 59.1 Å². The number of hydrogen-bond donors (Lipinski definition) is 4. The molecule has 0 aromatic rings. The number of aliphatic carboxylic acids is 4. The van der Waals surface area contributed by atoms with Crippen molar-refractivity contribution in [1.82, 2.24) is 9.80 Å². The normalized spacial score (nSPS) is 9.30. The molecule has 0 radical (unpaired) electrons. The van der Waals surface area contributed by atoms with Crippen molar-refractivity contribution in [3.63, 3.8) is 0 Å². The molecular weight excluding hydrogens is 374 g/mol. The van der Waals surface area contributed by atoms with Gasteiger partial charge in [-0.1, -0.05) is 0 Å². The predicted octanol–water partition coefficient (Wildman–Crippen LogP) is -7.84. The monoisotopic (exact) mass is 392 g/mol. The van der Waals surface area contributed by atoms with E-state index in [4.69, 9.17) is 20.4 Å². The molecule has 0 unspecified atom stereocenters. The zero-order chi connectivity index (χ0) is 15.7. The Hall–Kier alpha value is 0.332. The fourth-order valence-electron chi connectivity index (χ4n) is 1.48.